The van der Waals surface area contributed by atoms with Gasteiger partial charge in [-0.3, -0.25) is 4.90 Å². The number of nitrogens with zero attached hydrogens (tertiary/aromatic N) is 1. The number of hydrogen-bond acceptors (Lipinski definition) is 4. The fourth-order valence-corrected chi connectivity index (χ4v) is 3.19. The Kier molecular flexibility index (Phi) is 10.2. The van der Waals surface area contributed by atoms with Gasteiger partial charge in [-0.25, -0.2) is 0 Å². The first-order valence-corrected chi connectivity index (χ1v) is 7.45. The summed E-state index contributed by atoms with van der Waals surface area (Å²) in [5, 5.41) is 4.05. The Morgan fingerprint density at radius 1 is 1.18 bits per heavy atom. The number of halogens is 3. The summed E-state index contributed by atoms with van der Waals surface area (Å²) in [4.78, 5) is 2.48. The lowest BCUT2D eigenvalue weighted by Gasteiger charge is -2.35. The second kappa shape index (κ2) is 10.4. The number of ether oxygens (including phenoxy) is 2. The van der Waals surface area contributed by atoms with E-state index in [2.05, 4.69) is 23.2 Å². The topological polar surface area (TPSA) is 33.7 Å². The lowest BCUT2D eigenvalue weighted by molar-refractivity contribution is 0.169. The highest BCUT2D eigenvalue weighted by Gasteiger charge is 2.25. The maximum Gasteiger partial charge on any atom is 0.179 e. The van der Waals surface area contributed by atoms with Crippen molar-refractivity contribution < 1.29 is 9.47 Å². The Hall–Kier alpha value is -0.390. The third-order valence-corrected chi connectivity index (χ3v) is 4.24. The Labute approximate surface area is 150 Å². The zero-order valence-corrected chi connectivity index (χ0v) is 15.6. The fourth-order valence-electron chi connectivity index (χ4n) is 2.83. The SMILES string of the molecule is CC[C@@H](c1ccc(OC)c(OC)c1Cl)N1CCNCC1.Cl.Cl. The summed E-state index contributed by atoms with van der Waals surface area (Å²) in [6, 6.07) is 4.31. The van der Waals surface area contributed by atoms with Crippen LogP contribution in [-0.2, 0) is 0 Å². The predicted molar refractivity (Wildman–Crippen MR) is 96.5 cm³/mol. The molecule has 1 aromatic rings. The average molecular weight is 372 g/mol. The van der Waals surface area contributed by atoms with E-state index in [1.54, 1.807) is 14.2 Å². The van der Waals surface area contributed by atoms with Gasteiger partial charge in [0.05, 0.1) is 19.2 Å². The molecule has 0 saturated carbocycles. The quantitative estimate of drug-likeness (QED) is 0.858. The Morgan fingerprint density at radius 2 is 1.82 bits per heavy atom. The van der Waals surface area contributed by atoms with Crippen molar-refractivity contribution in [3.63, 3.8) is 0 Å². The highest BCUT2D eigenvalue weighted by atomic mass is 35.5. The maximum atomic E-state index is 6.54. The molecular formula is C15H25Cl3N2O2. The van der Waals surface area contributed by atoms with Crippen LogP contribution >= 0.6 is 36.4 Å². The molecule has 1 N–H and O–H groups in total. The van der Waals surface area contributed by atoms with E-state index in [4.69, 9.17) is 21.1 Å². The zero-order valence-electron chi connectivity index (χ0n) is 13.2. The summed E-state index contributed by atoms with van der Waals surface area (Å²) in [6.45, 7) is 6.34. The fraction of sp³-hybridized carbons (Fsp3) is 0.600. The van der Waals surface area contributed by atoms with Crippen molar-refractivity contribution in [3.8, 4) is 11.5 Å². The van der Waals surface area contributed by atoms with Crippen LogP contribution in [0, 0.1) is 0 Å². The van der Waals surface area contributed by atoms with Crippen LogP contribution in [-0.4, -0.2) is 45.3 Å². The Bertz CT molecular complexity index is 455. The second-order valence-corrected chi connectivity index (χ2v) is 5.29. The monoisotopic (exact) mass is 370 g/mol. The first kappa shape index (κ1) is 21.6. The van der Waals surface area contributed by atoms with Crippen molar-refractivity contribution in [2.45, 2.75) is 19.4 Å². The van der Waals surface area contributed by atoms with Crippen LogP contribution in [0.15, 0.2) is 12.1 Å². The van der Waals surface area contributed by atoms with E-state index in [9.17, 15) is 0 Å². The standard InChI is InChI=1S/C15H23ClN2O2.2ClH/c1-4-12(18-9-7-17-8-10-18)11-5-6-13(19-2)15(20-3)14(11)16;;/h5-6,12,17H,4,7-10H2,1-3H3;2*1H/t12-;;/m0../s1. The average Bonchev–Trinajstić information content (AvgIpc) is 2.50. The molecule has 1 aromatic carbocycles. The van der Waals surface area contributed by atoms with Gasteiger partial charge in [-0.2, -0.15) is 0 Å². The lowest BCUT2D eigenvalue weighted by atomic mass is 10.0. The molecule has 0 aromatic heterocycles. The van der Waals surface area contributed by atoms with Crippen molar-refractivity contribution in [1.82, 2.24) is 10.2 Å². The van der Waals surface area contributed by atoms with Gasteiger partial charge in [0.1, 0.15) is 0 Å². The van der Waals surface area contributed by atoms with E-state index in [0.717, 1.165) is 38.2 Å². The molecule has 0 spiro atoms. The molecule has 0 radical (unpaired) electrons. The van der Waals surface area contributed by atoms with E-state index in [-0.39, 0.29) is 24.8 Å². The molecule has 4 nitrogen and oxygen atoms in total. The molecule has 0 unspecified atom stereocenters. The van der Waals surface area contributed by atoms with Gasteiger partial charge in [-0.1, -0.05) is 24.6 Å². The summed E-state index contributed by atoms with van der Waals surface area (Å²) in [5.74, 6) is 1.30. The van der Waals surface area contributed by atoms with Crippen LogP contribution in [0.4, 0.5) is 0 Å². The zero-order chi connectivity index (χ0) is 14.5. The molecule has 1 heterocycles. The number of benzene rings is 1. The minimum atomic E-state index is 0. The van der Waals surface area contributed by atoms with Crippen LogP contribution in [0.25, 0.3) is 0 Å². The van der Waals surface area contributed by atoms with Crippen molar-refractivity contribution in [3.05, 3.63) is 22.7 Å². The van der Waals surface area contributed by atoms with Crippen LogP contribution in [0.5, 0.6) is 11.5 Å². The van der Waals surface area contributed by atoms with Crippen molar-refractivity contribution in [2.24, 2.45) is 0 Å². The summed E-state index contributed by atoms with van der Waals surface area (Å²) < 4.78 is 10.7. The van der Waals surface area contributed by atoms with E-state index in [0.29, 0.717) is 22.6 Å². The van der Waals surface area contributed by atoms with Gasteiger partial charge >= 0.3 is 0 Å². The predicted octanol–water partition coefficient (Wildman–Crippen LogP) is 3.56. The van der Waals surface area contributed by atoms with Gasteiger partial charge in [0.25, 0.3) is 0 Å². The number of piperazine rings is 1. The van der Waals surface area contributed by atoms with Gasteiger partial charge in [-0.05, 0) is 18.1 Å². The third kappa shape index (κ3) is 4.56. The van der Waals surface area contributed by atoms with Crippen LogP contribution in [0.2, 0.25) is 5.02 Å². The van der Waals surface area contributed by atoms with Gasteiger partial charge in [0.2, 0.25) is 0 Å². The van der Waals surface area contributed by atoms with Gasteiger partial charge < -0.3 is 14.8 Å². The number of nitrogens with one attached hydrogen (secondary N) is 1. The molecule has 1 fully saturated rings. The smallest absolute Gasteiger partial charge is 0.179 e. The van der Waals surface area contributed by atoms with Crippen molar-refractivity contribution in [1.29, 1.82) is 0 Å². The van der Waals surface area contributed by atoms with Gasteiger partial charge in [0, 0.05) is 32.2 Å². The normalized spacial score (nSPS) is 16.2. The molecule has 1 atom stereocenters. The van der Waals surface area contributed by atoms with Crippen LogP contribution in [0.1, 0.15) is 24.9 Å². The molecule has 22 heavy (non-hydrogen) atoms. The summed E-state index contributed by atoms with van der Waals surface area (Å²) in [5.41, 5.74) is 1.12. The largest absolute Gasteiger partial charge is 0.493 e. The summed E-state index contributed by atoms with van der Waals surface area (Å²) >= 11 is 6.54. The lowest BCUT2D eigenvalue weighted by Crippen LogP contribution is -2.45. The molecular weight excluding hydrogens is 347 g/mol. The summed E-state index contributed by atoms with van der Waals surface area (Å²) in [6.07, 6.45) is 1.02. The molecule has 0 amide bonds. The molecule has 1 saturated heterocycles. The highest BCUT2D eigenvalue weighted by Crippen LogP contribution is 2.41. The molecule has 2 rings (SSSR count). The first-order valence-electron chi connectivity index (χ1n) is 7.08. The van der Waals surface area contributed by atoms with Crippen molar-refractivity contribution in [2.75, 3.05) is 40.4 Å². The number of methoxy groups -OCH3 is 2. The first-order chi connectivity index (χ1) is 9.72. The van der Waals surface area contributed by atoms with E-state index < -0.39 is 0 Å². The molecule has 0 bridgehead atoms. The van der Waals surface area contributed by atoms with E-state index in [1.165, 1.54) is 0 Å². The molecule has 1 aliphatic heterocycles. The van der Waals surface area contributed by atoms with Crippen LogP contribution < -0.4 is 14.8 Å². The van der Waals surface area contributed by atoms with Gasteiger partial charge in [-0.15, -0.1) is 24.8 Å². The Morgan fingerprint density at radius 3 is 2.32 bits per heavy atom. The summed E-state index contributed by atoms with van der Waals surface area (Å²) in [7, 11) is 3.25. The highest BCUT2D eigenvalue weighted by molar-refractivity contribution is 6.33. The number of rotatable bonds is 5. The number of hydrogen-bond donors (Lipinski definition) is 1. The molecule has 128 valence electrons. The Balaban J connectivity index is 0.00000220. The second-order valence-electron chi connectivity index (χ2n) is 4.91. The molecule has 1 aliphatic rings. The molecule has 7 heteroatoms. The van der Waals surface area contributed by atoms with E-state index in [1.807, 2.05) is 6.07 Å². The van der Waals surface area contributed by atoms with E-state index >= 15 is 0 Å². The van der Waals surface area contributed by atoms with Crippen molar-refractivity contribution >= 4 is 36.4 Å². The minimum absolute atomic E-state index is 0. The molecule has 0 aliphatic carbocycles. The van der Waals surface area contributed by atoms with Crippen LogP contribution in [0.3, 0.4) is 0 Å². The third-order valence-electron chi connectivity index (χ3n) is 3.85. The minimum Gasteiger partial charge on any atom is -0.493 e. The maximum absolute atomic E-state index is 6.54. The van der Waals surface area contributed by atoms with Gasteiger partial charge in [0.15, 0.2) is 11.5 Å².